The minimum absolute atomic E-state index is 0.209. The zero-order valence-electron chi connectivity index (χ0n) is 18.1. The second kappa shape index (κ2) is 9.92. The van der Waals surface area contributed by atoms with E-state index in [0.717, 1.165) is 37.5 Å². The molecule has 0 unspecified atom stereocenters. The highest BCUT2D eigenvalue weighted by Gasteiger charge is 2.35. The van der Waals surface area contributed by atoms with Crippen molar-refractivity contribution in [3.63, 3.8) is 0 Å². The molecule has 0 spiro atoms. The Morgan fingerprint density at radius 2 is 1.76 bits per heavy atom. The van der Waals surface area contributed by atoms with Crippen molar-refractivity contribution in [2.24, 2.45) is 5.92 Å². The average molecular weight is 494 g/mol. The largest absolute Gasteiger partial charge is 0.417 e. The van der Waals surface area contributed by atoms with Crippen molar-refractivity contribution in [1.29, 1.82) is 0 Å². The van der Waals surface area contributed by atoms with Crippen molar-refractivity contribution in [2.75, 3.05) is 31.6 Å². The molecule has 3 nitrogen and oxygen atoms in total. The number of anilines is 1. The van der Waals surface area contributed by atoms with Crippen LogP contribution in [0.25, 0.3) is 0 Å². The normalized spacial score (nSPS) is 19.1. The van der Waals surface area contributed by atoms with Gasteiger partial charge < -0.3 is 4.90 Å². The summed E-state index contributed by atoms with van der Waals surface area (Å²) in [4.78, 5) is 8.37. The van der Waals surface area contributed by atoms with Crippen molar-refractivity contribution in [3.8, 4) is 0 Å². The van der Waals surface area contributed by atoms with Crippen molar-refractivity contribution >= 4 is 29.0 Å². The predicted molar refractivity (Wildman–Crippen MR) is 127 cm³/mol. The Balaban J connectivity index is 1.53. The van der Waals surface area contributed by atoms with E-state index in [1.54, 1.807) is 0 Å². The van der Waals surface area contributed by atoms with Crippen LogP contribution in [-0.2, 0) is 12.7 Å². The van der Waals surface area contributed by atoms with Crippen LogP contribution in [0.5, 0.6) is 0 Å². The molecule has 2 atom stereocenters. The van der Waals surface area contributed by atoms with Gasteiger partial charge in [-0.25, -0.2) is 4.98 Å². The predicted octanol–water partition coefficient (Wildman–Crippen LogP) is 6.76. The lowest BCUT2D eigenvalue weighted by Crippen LogP contribution is -2.30. The van der Waals surface area contributed by atoms with Gasteiger partial charge >= 0.3 is 6.18 Å². The third-order valence-electron chi connectivity index (χ3n) is 6.11. The lowest BCUT2D eigenvalue weighted by atomic mass is 9.88. The Kier molecular flexibility index (Phi) is 7.17. The molecule has 4 rings (SSSR count). The molecule has 8 heteroatoms. The molecule has 2 heterocycles. The highest BCUT2D eigenvalue weighted by Crippen LogP contribution is 2.37. The molecule has 174 valence electrons. The van der Waals surface area contributed by atoms with Crippen LogP contribution in [-0.4, -0.2) is 36.6 Å². The molecular formula is C25H24Cl2F3N3. The minimum atomic E-state index is -4.40. The molecule has 0 saturated carbocycles. The van der Waals surface area contributed by atoms with Crippen LogP contribution in [0.1, 0.15) is 22.6 Å². The maximum absolute atomic E-state index is 12.9. The molecule has 33 heavy (non-hydrogen) atoms. The monoisotopic (exact) mass is 493 g/mol. The standard InChI is InChI=1S/C25H24Cl2F3N3/c1-32(24-10-8-20(12-31-24)25(28,29)30)14-19-15-33(13-17-5-3-2-4-6-17)16-21(19)18-7-9-22(26)23(27)11-18/h2-12,19,21H,13-16H2,1H3/t19-,21+/m0/s1. The summed E-state index contributed by atoms with van der Waals surface area (Å²) >= 11 is 12.4. The van der Waals surface area contributed by atoms with Crippen LogP contribution >= 0.6 is 23.2 Å². The Bertz CT molecular complexity index is 1070. The van der Waals surface area contributed by atoms with Crippen LogP contribution in [0.3, 0.4) is 0 Å². The molecule has 1 fully saturated rings. The summed E-state index contributed by atoms with van der Waals surface area (Å²) in [6, 6.07) is 18.5. The van der Waals surface area contributed by atoms with Crippen molar-refractivity contribution in [1.82, 2.24) is 9.88 Å². The Labute approximate surface area is 201 Å². The summed E-state index contributed by atoms with van der Waals surface area (Å²) < 4.78 is 38.7. The molecule has 1 saturated heterocycles. The number of likely N-dealkylation sites (tertiary alicyclic amines) is 1. The fraction of sp³-hybridized carbons (Fsp3) is 0.320. The van der Waals surface area contributed by atoms with Crippen LogP contribution in [0.15, 0.2) is 66.9 Å². The van der Waals surface area contributed by atoms with Crippen LogP contribution in [0.4, 0.5) is 19.0 Å². The molecule has 1 aromatic heterocycles. The molecule has 2 aromatic carbocycles. The van der Waals surface area contributed by atoms with Gasteiger partial charge in [-0.2, -0.15) is 13.2 Å². The van der Waals surface area contributed by atoms with Gasteiger partial charge in [0, 0.05) is 45.3 Å². The smallest absolute Gasteiger partial charge is 0.359 e. The number of benzene rings is 2. The molecule has 0 bridgehead atoms. The Hall–Kier alpha value is -2.28. The van der Waals surface area contributed by atoms with E-state index in [9.17, 15) is 13.2 Å². The van der Waals surface area contributed by atoms with E-state index in [1.165, 1.54) is 11.6 Å². The zero-order chi connectivity index (χ0) is 23.6. The summed E-state index contributed by atoms with van der Waals surface area (Å²) in [7, 11) is 1.86. The number of aromatic nitrogens is 1. The second-order valence-electron chi connectivity index (χ2n) is 8.50. The van der Waals surface area contributed by atoms with Gasteiger partial charge in [-0.3, -0.25) is 4.90 Å². The molecule has 3 aromatic rings. The van der Waals surface area contributed by atoms with E-state index in [0.29, 0.717) is 22.4 Å². The molecule has 0 radical (unpaired) electrons. The molecule has 1 aliphatic heterocycles. The number of hydrogen-bond acceptors (Lipinski definition) is 3. The summed E-state index contributed by atoms with van der Waals surface area (Å²) in [6.07, 6.45) is -3.51. The van der Waals surface area contributed by atoms with Gasteiger partial charge in [0.25, 0.3) is 0 Å². The van der Waals surface area contributed by atoms with Gasteiger partial charge in [0.1, 0.15) is 5.82 Å². The maximum Gasteiger partial charge on any atom is 0.417 e. The molecule has 0 amide bonds. The highest BCUT2D eigenvalue weighted by atomic mass is 35.5. The molecular weight excluding hydrogens is 470 g/mol. The number of rotatable bonds is 6. The van der Waals surface area contributed by atoms with Gasteiger partial charge in [0.15, 0.2) is 0 Å². The van der Waals surface area contributed by atoms with Gasteiger partial charge in [0.05, 0.1) is 15.6 Å². The minimum Gasteiger partial charge on any atom is -0.359 e. The van der Waals surface area contributed by atoms with Gasteiger partial charge in [0.2, 0.25) is 0 Å². The van der Waals surface area contributed by atoms with Crippen LogP contribution < -0.4 is 4.90 Å². The number of hydrogen-bond donors (Lipinski definition) is 0. The molecule has 0 N–H and O–H groups in total. The summed E-state index contributed by atoms with van der Waals surface area (Å²) in [5.41, 5.74) is 1.60. The van der Waals surface area contributed by atoms with E-state index in [4.69, 9.17) is 23.2 Å². The second-order valence-corrected chi connectivity index (χ2v) is 9.32. The first-order valence-corrected chi connectivity index (χ1v) is 11.4. The lowest BCUT2D eigenvalue weighted by molar-refractivity contribution is -0.137. The zero-order valence-corrected chi connectivity index (χ0v) is 19.6. The number of alkyl halides is 3. The average Bonchev–Trinajstić information content (AvgIpc) is 3.17. The third-order valence-corrected chi connectivity index (χ3v) is 6.85. The summed E-state index contributed by atoms with van der Waals surface area (Å²) in [5, 5.41) is 1.04. The Morgan fingerprint density at radius 1 is 1.00 bits per heavy atom. The van der Waals surface area contributed by atoms with E-state index < -0.39 is 11.7 Å². The van der Waals surface area contributed by atoms with Crippen molar-refractivity contribution in [3.05, 3.63) is 93.6 Å². The van der Waals surface area contributed by atoms with E-state index in [2.05, 4.69) is 22.0 Å². The van der Waals surface area contributed by atoms with Crippen LogP contribution in [0.2, 0.25) is 10.0 Å². The number of pyridine rings is 1. The fourth-order valence-electron chi connectivity index (χ4n) is 4.46. The van der Waals surface area contributed by atoms with E-state index in [-0.39, 0.29) is 11.8 Å². The van der Waals surface area contributed by atoms with E-state index in [1.807, 2.05) is 48.3 Å². The first kappa shape index (κ1) is 23.9. The molecule has 1 aliphatic rings. The maximum atomic E-state index is 12.9. The molecule has 0 aliphatic carbocycles. The number of halogens is 5. The highest BCUT2D eigenvalue weighted by molar-refractivity contribution is 6.42. The first-order valence-electron chi connectivity index (χ1n) is 10.7. The van der Waals surface area contributed by atoms with Gasteiger partial charge in [-0.15, -0.1) is 0 Å². The number of nitrogens with zero attached hydrogens (tertiary/aromatic N) is 3. The fourth-order valence-corrected chi connectivity index (χ4v) is 4.77. The van der Waals surface area contributed by atoms with Crippen molar-refractivity contribution < 1.29 is 13.2 Å². The summed E-state index contributed by atoms with van der Waals surface area (Å²) in [6.45, 7) is 3.18. The van der Waals surface area contributed by atoms with E-state index >= 15 is 0 Å². The third kappa shape index (κ3) is 5.81. The Morgan fingerprint density at radius 3 is 2.39 bits per heavy atom. The SMILES string of the molecule is CN(C[C@H]1CN(Cc2ccccc2)C[C@@H]1c1ccc(Cl)c(Cl)c1)c1ccc(C(F)(F)F)cn1. The quantitative estimate of drug-likeness (QED) is 0.378. The lowest BCUT2D eigenvalue weighted by Gasteiger charge is -2.26. The first-order chi connectivity index (χ1) is 15.7. The van der Waals surface area contributed by atoms with Gasteiger partial charge in [-0.05, 0) is 41.3 Å². The summed E-state index contributed by atoms with van der Waals surface area (Å²) in [5.74, 6) is 0.956. The van der Waals surface area contributed by atoms with Crippen LogP contribution in [0, 0.1) is 5.92 Å². The topological polar surface area (TPSA) is 19.4 Å². The van der Waals surface area contributed by atoms with Crippen molar-refractivity contribution in [2.45, 2.75) is 18.6 Å². The van der Waals surface area contributed by atoms with Gasteiger partial charge in [-0.1, -0.05) is 59.6 Å².